The summed E-state index contributed by atoms with van der Waals surface area (Å²) in [5, 5.41) is 0. The molecule has 1 aliphatic carbocycles. The van der Waals surface area contributed by atoms with E-state index in [9.17, 15) is 4.79 Å². The molecule has 2 fully saturated rings. The molecular formula is C11H19NO2. The van der Waals surface area contributed by atoms with Crippen LogP contribution in [0.2, 0.25) is 0 Å². The third kappa shape index (κ3) is 2.40. The molecule has 0 N–H and O–H groups in total. The van der Waals surface area contributed by atoms with Gasteiger partial charge in [-0.15, -0.1) is 0 Å². The number of nitrogens with zero attached hydrogens (tertiary/aromatic N) is 1. The van der Waals surface area contributed by atoms with Crippen LogP contribution in [0.5, 0.6) is 0 Å². The highest BCUT2D eigenvalue weighted by Crippen LogP contribution is 2.37. The molecule has 2 aliphatic rings. The fourth-order valence-electron chi connectivity index (χ4n) is 1.98. The predicted molar refractivity (Wildman–Crippen MR) is 54.0 cm³/mol. The third-order valence-electron chi connectivity index (χ3n) is 3.31. The summed E-state index contributed by atoms with van der Waals surface area (Å²) in [5.74, 6) is 1.41. The summed E-state index contributed by atoms with van der Waals surface area (Å²) in [5.41, 5.74) is 0. The number of piperidine rings is 1. The molecule has 0 bridgehead atoms. The molecule has 1 amide bonds. The lowest BCUT2D eigenvalue weighted by Gasteiger charge is -2.25. The van der Waals surface area contributed by atoms with E-state index in [0.717, 1.165) is 31.8 Å². The fourth-order valence-corrected chi connectivity index (χ4v) is 1.98. The van der Waals surface area contributed by atoms with Crippen molar-refractivity contribution in [2.45, 2.75) is 32.6 Å². The maximum Gasteiger partial charge on any atom is 0.409 e. The van der Waals surface area contributed by atoms with Crippen LogP contribution in [0.3, 0.4) is 0 Å². The largest absolute Gasteiger partial charge is 0.449 e. The average Bonchev–Trinajstić information content (AvgIpc) is 2.92. The van der Waals surface area contributed by atoms with E-state index in [0.29, 0.717) is 12.5 Å². The zero-order valence-electron chi connectivity index (χ0n) is 8.87. The minimum Gasteiger partial charge on any atom is -0.449 e. The predicted octanol–water partition coefficient (Wildman–Crippen LogP) is 2.26. The van der Waals surface area contributed by atoms with Crippen LogP contribution in [0, 0.1) is 11.8 Å². The van der Waals surface area contributed by atoms with E-state index < -0.39 is 0 Å². The number of carbonyl (C=O) groups excluding carboxylic acids is 1. The maximum atomic E-state index is 11.5. The molecule has 0 aromatic rings. The second kappa shape index (κ2) is 4.20. The molecule has 1 aliphatic heterocycles. The van der Waals surface area contributed by atoms with Crippen LogP contribution in [0.1, 0.15) is 32.6 Å². The lowest BCUT2D eigenvalue weighted by molar-refractivity contribution is 0.0903. The van der Waals surface area contributed by atoms with Gasteiger partial charge in [-0.3, -0.25) is 0 Å². The maximum absolute atomic E-state index is 11.5. The lowest BCUT2D eigenvalue weighted by atomic mass is 10.1. The average molecular weight is 197 g/mol. The molecular weight excluding hydrogens is 178 g/mol. The monoisotopic (exact) mass is 197 g/mol. The first-order valence-electron chi connectivity index (χ1n) is 5.69. The van der Waals surface area contributed by atoms with Crippen molar-refractivity contribution >= 4 is 6.09 Å². The zero-order chi connectivity index (χ0) is 9.97. The highest BCUT2D eigenvalue weighted by molar-refractivity contribution is 5.67. The molecule has 14 heavy (non-hydrogen) atoms. The Balaban J connectivity index is 1.66. The van der Waals surface area contributed by atoms with Gasteiger partial charge in [0, 0.05) is 13.1 Å². The van der Waals surface area contributed by atoms with Crippen molar-refractivity contribution in [2.75, 3.05) is 19.7 Å². The van der Waals surface area contributed by atoms with Gasteiger partial charge in [-0.25, -0.2) is 4.79 Å². The number of rotatable bonds is 2. The summed E-state index contributed by atoms with van der Waals surface area (Å²) in [7, 11) is 0. The molecule has 1 saturated carbocycles. The van der Waals surface area contributed by atoms with Gasteiger partial charge in [0.25, 0.3) is 0 Å². The quantitative estimate of drug-likeness (QED) is 0.679. The van der Waals surface area contributed by atoms with Gasteiger partial charge in [-0.2, -0.15) is 0 Å². The van der Waals surface area contributed by atoms with Crippen LogP contribution < -0.4 is 0 Å². The van der Waals surface area contributed by atoms with Crippen LogP contribution in [-0.4, -0.2) is 30.7 Å². The minimum absolute atomic E-state index is 0.0937. The Labute approximate surface area is 85.4 Å². The van der Waals surface area contributed by atoms with E-state index in [1.54, 1.807) is 0 Å². The van der Waals surface area contributed by atoms with Crippen LogP contribution in [0.25, 0.3) is 0 Å². The SMILES string of the molecule is CC1CC1COC(=O)N1CCCCC1. The van der Waals surface area contributed by atoms with E-state index in [4.69, 9.17) is 4.74 Å². The first-order chi connectivity index (χ1) is 6.77. The molecule has 3 nitrogen and oxygen atoms in total. The van der Waals surface area contributed by atoms with Crippen LogP contribution >= 0.6 is 0 Å². The van der Waals surface area contributed by atoms with Gasteiger partial charge >= 0.3 is 6.09 Å². The molecule has 80 valence electrons. The summed E-state index contributed by atoms with van der Waals surface area (Å²) in [4.78, 5) is 13.4. The van der Waals surface area contributed by atoms with Gasteiger partial charge in [-0.05, 0) is 37.5 Å². The van der Waals surface area contributed by atoms with Crippen molar-refractivity contribution in [1.82, 2.24) is 4.90 Å². The van der Waals surface area contributed by atoms with Crippen LogP contribution in [-0.2, 0) is 4.74 Å². The lowest BCUT2D eigenvalue weighted by Crippen LogP contribution is -2.36. The summed E-state index contributed by atoms with van der Waals surface area (Å²) in [6.45, 7) is 4.62. The van der Waals surface area contributed by atoms with Crippen molar-refractivity contribution in [3.63, 3.8) is 0 Å². The molecule has 2 rings (SSSR count). The summed E-state index contributed by atoms with van der Waals surface area (Å²) in [6, 6.07) is 0. The Morgan fingerprint density at radius 3 is 2.57 bits per heavy atom. The highest BCUT2D eigenvalue weighted by atomic mass is 16.6. The topological polar surface area (TPSA) is 29.5 Å². The molecule has 0 radical (unpaired) electrons. The van der Waals surface area contributed by atoms with Gasteiger partial charge in [-0.1, -0.05) is 6.92 Å². The Morgan fingerprint density at radius 1 is 1.36 bits per heavy atom. The molecule has 1 heterocycles. The number of carbonyl (C=O) groups is 1. The number of hydrogen-bond acceptors (Lipinski definition) is 2. The number of amides is 1. The summed E-state index contributed by atoms with van der Waals surface area (Å²) >= 11 is 0. The van der Waals surface area contributed by atoms with Crippen molar-refractivity contribution in [1.29, 1.82) is 0 Å². The standard InChI is InChI=1S/C11H19NO2/c1-9-7-10(9)8-14-11(13)12-5-3-2-4-6-12/h9-10H,2-8H2,1H3. The molecule has 0 aromatic carbocycles. The molecule has 1 saturated heterocycles. The molecule has 0 spiro atoms. The van der Waals surface area contributed by atoms with Crippen molar-refractivity contribution in [3.05, 3.63) is 0 Å². The van der Waals surface area contributed by atoms with Gasteiger partial charge in [0.05, 0.1) is 6.61 Å². The smallest absolute Gasteiger partial charge is 0.409 e. The third-order valence-corrected chi connectivity index (χ3v) is 3.31. The summed E-state index contributed by atoms with van der Waals surface area (Å²) < 4.78 is 5.26. The molecule has 0 aromatic heterocycles. The van der Waals surface area contributed by atoms with Gasteiger partial charge in [0.1, 0.15) is 0 Å². The number of ether oxygens (including phenoxy) is 1. The van der Waals surface area contributed by atoms with E-state index >= 15 is 0 Å². The normalized spacial score (nSPS) is 31.4. The van der Waals surface area contributed by atoms with Crippen LogP contribution in [0.4, 0.5) is 4.79 Å². The Bertz CT molecular complexity index is 211. The fraction of sp³-hybridized carbons (Fsp3) is 0.909. The molecule has 2 atom stereocenters. The second-order valence-electron chi connectivity index (χ2n) is 4.60. The van der Waals surface area contributed by atoms with Crippen molar-refractivity contribution in [3.8, 4) is 0 Å². The van der Waals surface area contributed by atoms with Crippen molar-refractivity contribution < 1.29 is 9.53 Å². The molecule has 2 unspecified atom stereocenters. The van der Waals surface area contributed by atoms with Crippen molar-refractivity contribution in [2.24, 2.45) is 11.8 Å². The van der Waals surface area contributed by atoms with E-state index in [2.05, 4.69) is 6.92 Å². The first-order valence-corrected chi connectivity index (χ1v) is 5.69. The first kappa shape index (κ1) is 9.81. The Morgan fingerprint density at radius 2 is 2.00 bits per heavy atom. The number of hydrogen-bond donors (Lipinski definition) is 0. The van der Waals surface area contributed by atoms with Crippen LogP contribution in [0.15, 0.2) is 0 Å². The zero-order valence-corrected chi connectivity index (χ0v) is 8.87. The number of likely N-dealkylation sites (tertiary alicyclic amines) is 1. The van der Waals surface area contributed by atoms with E-state index in [1.807, 2.05) is 4.90 Å². The highest BCUT2D eigenvalue weighted by Gasteiger charge is 2.34. The van der Waals surface area contributed by atoms with Gasteiger partial charge in [0.2, 0.25) is 0 Å². The summed E-state index contributed by atoms with van der Waals surface area (Å²) in [6.07, 6.45) is 4.66. The Kier molecular flexibility index (Phi) is 2.94. The van der Waals surface area contributed by atoms with E-state index in [-0.39, 0.29) is 6.09 Å². The second-order valence-corrected chi connectivity index (χ2v) is 4.60. The van der Waals surface area contributed by atoms with E-state index in [1.165, 1.54) is 12.8 Å². The Hall–Kier alpha value is -0.730. The van der Waals surface area contributed by atoms with Gasteiger partial charge in [0.15, 0.2) is 0 Å². The minimum atomic E-state index is -0.0937. The molecule has 3 heteroatoms. The van der Waals surface area contributed by atoms with Gasteiger partial charge < -0.3 is 9.64 Å².